The molecule has 1 aromatic carbocycles. The van der Waals surface area contributed by atoms with Crippen molar-refractivity contribution in [3.05, 3.63) is 69.9 Å². The van der Waals surface area contributed by atoms with E-state index in [1.54, 1.807) is 28.8 Å². The number of nitrogens with one attached hydrogen (secondary N) is 1. The Morgan fingerprint density at radius 1 is 1.17 bits per heavy atom. The predicted octanol–water partition coefficient (Wildman–Crippen LogP) is 1.68. The van der Waals surface area contributed by atoms with E-state index in [1.165, 1.54) is 12.1 Å². The maximum atomic E-state index is 13.3. The van der Waals surface area contributed by atoms with Crippen molar-refractivity contribution in [1.29, 1.82) is 0 Å². The number of carbonyl (C=O) groups excluding carboxylic acids is 1. The zero-order chi connectivity index (χ0) is 20.8. The number of aliphatic hydroxyl groups is 1. The summed E-state index contributed by atoms with van der Waals surface area (Å²) in [5.41, 5.74) is 1.75. The normalized spacial score (nSPS) is 27.7. The molecule has 2 N–H and O–H groups in total. The van der Waals surface area contributed by atoms with Crippen LogP contribution < -0.4 is 10.9 Å². The van der Waals surface area contributed by atoms with Crippen LogP contribution in [0.3, 0.4) is 0 Å². The molecule has 2 aliphatic heterocycles. The standard InChI is InChI=1S/C23H26FN3O3/c24-16-8-6-14(7-9-16)10-25-23(30)22-18(13-28)17-12-26-19(2-1-3-20(26)29)21(17)27(22)11-15-4-5-15/h1-3,6-9,15,17-18,21-22,28H,4-5,10-13H2,(H,25,30)/t17-,18-,21+,22-/m1/s1. The van der Waals surface area contributed by atoms with Crippen LogP contribution in [0.5, 0.6) is 0 Å². The van der Waals surface area contributed by atoms with E-state index in [0.29, 0.717) is 19.0 Å². The third-order valence-corrected chi connectivity index (χ3v) is 6.88. The Balaban J connectivity index is 1.42. The van der Waals surface area contributed by atoms with Crippen molar-refractivity contribution in [3.63, 3.8) is 0 Å². The highest BCUT2D eigenvalue weighted by Gasteiger charge is 2.56. The lowest BCUT2D eigenvalue weighted by Gasteiger charge is -2.30. The summed E-state index contributed by atoms with van der Waals surface area (Å²) in [6.07, 6.45) is 2.31. The van der Waals surface area contributed by atoms with Gasteiger partial charge in [-0.25, -0.2) is 4.39 Å². The Kier molecular flexibility index (Phi) is 4.95. The number of likely N-dealkylation sites (tertiary alicyclic amines) is 1. The molecule has 30 heavy (non-hydrogen) atoms. The third-order valence-electron chi connectivity index (χ3n) is 6.88. The Hall–Kier alpha value is -2.51. The molecule has 158 valence electrons. The second-order valence-corrected chi connectivity index (χ2v) is 8.78. The van der Waals surface area contributed by atoms with Gasteiger partial charge in [-0.3, -0.25) is 14.5 Å². The lowest BCUT2D eigenvalue weighted by atomic mass is 9.88. The number of hydrogen-bond acceptors (Lipinski definition) is 4. The molecule has 1 saturated heterocycles. The number of fused-ring (bicyclic) bond motifs is 3. The molecule has 0 unspecified atom stereocenters. The van der Waals surface area contributed by atoms with Crippen LogP contribution in [0.15, 0.2) is 47.3 Å². The van der Waals surface area contributed by atoms with E-state index in [1.807, 2.05) is 6.07 Å². The van der Waals surface area contributed by atoms with Crippen molar-refractivity contribution in [2.45, 2.75) is 38.0 Å². The first-order valence-electron chi connectivity index (χ1n) is 10.7. The molecule has 1 amide bonds. The summed E-state index contributed by atoms with van der Waals surface area (Å²) in [5.74, 6) is -0.0523. The van der Waals surface area contributed by atoms with Gasteiger partial charge in [0.25, 0.3) is 5.56 Å². The molecule has 0 spiro atoms. The number of nitrogens with zero attached hydrogens (tertiary/aromatic N) is 2. The fourth-order valence-electron chi connectivity index (χ4n) is 5.26. The minimum atomic E-state index is -0.435. The number of amides is 1. The van der Waals surface area contributed by atoms with Crippen molar-refractivity contribution in [3.8, 4) is 0 Å². The molecule has 0 radical (unpaired) electrons. The molecule has 4 atom stereocenters. The van der Waals surface area contributed by atoms with Crippen LogP contribution in [0, 0.1) is 23.6 Å². The molecular weight excluding hydrogens is 385 g/mol. The highest BCUT2D eigenvalue weighted by atomic mass is 19.1. The van der Waals surface area contributed by atoms with Gasteiger partial charge in [0, 0.05) is 49.8 Å². The largest absolute Gasteiger partial charge is 0.396 e. The van der Waals surface area contributed by atoms with Gasteiger partial charge >= 0.3 is 0 Å². The first-order valence-corrected chi connectivity index (χ1v) is 10.7. The van der Waals surface area contributed by atoms with Crippen LogP contribution in [-0.2, 0) is 17.9 Å². The zero-order valence-electron chi connectivity index (χ0n) is 16.7. The second kappa shape index (κ2) is 7.63. The number of halogens is 1. The average molecular weight is 411 g/mol. The predicted molar refractivity (Wildman–Crippen MR) is 109 cm³/mol. The van der Waals surface area contributed by atoms with Gasteiger partial charge in [-0.1, -0.05) is 18.2 Å². The van der Waals surface area contributed by atoms with Crippen molar-refractivity contribution >= 4 is 5.91 Å². The van der Waals surface area contributed by atoms with E-state index in [-0.39, 0.29) is 41.8 Å². The number of benzene rings is 1. The molecule has 7 heteroatoms. The van der Waals surface area contributed by atoms with E-state index >= 15 is 0 Å². The lowest BCUT2D eigenvalue weighted by molar-refractivity contribution is -0.128. The van der Waals surface area contributed by atoms with Crippen LogP contribution in [0.25, 0.3) is 0 Å². The van der Waals surface area contributed by atoms with Crippen molar-refractivity contribution in [2.24, 2.45) is 17.8 Å². The number of hydrogen-bond donors (Lipinski definition) is 2. The van der Waals surface area contributed by atoms with Gasteiger partial charge in [0.15, 0.2) is 0 Å². The molecule has 1 aliphatic carbocycles. The minimum Gasteiger partial charge on any atom is -0.396 e. The highest BCUT2D eigenvalue weighted by molar-refractivity contribution is 5.82. The van der Waals surface area contributed by atoms with Gasteiger partial charge in [0.2, 0.25) is 5.91 Å². The lowest BCUT2D eigenvalue weighted by Crippen LogP contribution is -2.48. The molecule has 6 nitrogen and oxygen atoms in total. The summed E-state index contributed by atoms with van der Waals surface area (Å²) in [6, 6.07) is 10.9. The second-order valence-electron chi connectivity index (χ2n) is 8.78. The molecular formula is C23H26FN3O3. The monoisotopic (exact) mass is 411 g/mol. The van der Waals surface area contributed by atoms with Crippen LogP contribution in [0.2, 0.25) is 0 Å². The first kappa shape index (κ1) is 19.5. The maximum absolute atomic E-state index is 13.3. The number of aromatic nitrogens is 1. The van der Waals surface area contributed by atoms with Gasteiger partial charge in [-0.2, -0.15) is 0 Å². The smallest absolute Gasteiger partial charge is 0.250 e. The minimum absolute atomic E-state index is 0.0257. The Labute approximate surface area is 174 Å². The summed E-state index contributed by atoms with van der Waals surface area (Å²) in [4.78, 5) is 27.8. The van der Waals surface area contributed by atoms with Crippen molar-refractivity contribution in [2.75, 3.05) is 13.2 Å². The van der Waals surface area contributed by atoms with Gasteiger partial charge in [0.1, 0.15) is 5.82 Å². The molecule has 1 aromatic heterocycles. The highest BCUT2D eigenvalue weighted by Crippen LogP contribution is 2.50. The average Bonchev–Trinajstić information content (AvgIpc) is 3.39. The topological polar surface area (TPSA) is 74.6 Å². The summed E-state index contributed by atoms with van der Waals surface area (Å²) in [5, 5.41) is 13.2. The number of rotatable bonds is 6. The number of carbonyl (C=O) groups is 1. The fraction of sp³-hybridized carbons (Fsp3) is 0.478. The van der Waals surface area contributed by atoms with Gasteiger partial charge in [0.05, 0.1) is 12.1 Å². The Morgan fingerprint density at radius 2 is 1.93 bits per heavy atom. The van der Waals surface area contributed by atoms with Crippen LogP contribution in [-0.4, -0.2) is 39.7 Å². The molecule has 2 fully saturated rings. The number of aliphatic hydroxyl groups excluding tert-OH is 1. The van der Waals surface area contributed by atoms with Crippen molar-refractivity contribution < 1.29 is 14.3 Å². The Bertz CT molecular complexity index is 1000. The van der Waals surface area contributed by atoms with E-state index in [4.69, 9.17) is 0 Å². The first-order chi connectivity index (χ1) is 14.6. The zero-order valence-corrected chi connectivity index (χ0v) is 16.7. The van der Waals surface area contributed by atoms with Crippen LogP contribution in [0.4, 0.5) is 4.39 Å². The third kappa shape index (κ3) is 3.36. The number of pyridine rings is 1. The van der Waals surface area contributed by atoms with Gasteiger partial charge in [-0.05, 0) is 42.5 Å². The van der Waals surface area contributed by atoms with Gasteiger partial charge < -0.3 is 15.0 Å². The van der Waals surface area contributed by atoms with Crippen LogP contribution in [0.1, 0.15) is 30.1 Å². The van der Waals surface area contributed by atoms with E-state index < -0.39 is 6.04 Å². The summed E-state index contributed by atoms with van der Waals surface area (Å²) in [6.45, 7) is 1.55. The fourth-order valence-corrected chi connectivity index (χ4v) is 5.26. The molecule has 3 aliphatic rings. The van der Waals surface area contributed by atoms with Gasteiger partial charge in [-0.15, -0.1) is 0 Å². The SMILES string of the molecule is O=C(NCc1ccc(F)cc1)[C@H]1[C@H](CO)[C@H]2Cn3c(cccc3=O)[C@H]2N1CC1CC1. The van der Waals surface area contributed by atoms with E-state index in [0.717, 1.165) is 30.6 Å². The van der Waals surface area contributed by atoms with Crippen molar-refractivity contribution in [1.82, 2.24) is 14.8 Å². The molecule has 3 heterocycles. The Morgan fingerprint density at radius 3 is 2.63 bits per heavy atom. The maximum Gasteiger partial charge on any atom is 0.250 e. The van der Waals surface area contributed by atoms with E-state index in [9.17, 15) is 19.1 Å². The molecule has 1 saturated carbocycles. The quantitative estimate of drug-likeness (QED) is 0.759. The summed E-state index contributed by atoms with van der Waals surface area (Å²) >= 11 is 0. The molecule has 0 bridgehead atoms. The van der Waals surface area contributed by atoms with E-state index in [2.05, 4.69) is 10.2 Å². The summed E-state index contributed by atoms with van der Waals surface area (Å²) < 4.78 is 14.9. The molecule has 5 rings (SSSR count). The van der Waals surface area contributed by atoms with Crippen LogP contribution >= 0.6 is 0 Å². The molecule has 2 aromatic rings. The summed E-state index contributed by atoms with van der Waals surface area (Å²) in [7, 11) is 0.